The van der Waals surface area contributed by atoms with Crippen LogP contribution in [0.3, 0.4) is 0 Å². The van der Waals surface area contributed by atoms with Gasteiger partial charge < -0.3 is 15.1 Å². The number of carbonyl (C=O) groups is 1. The van der Waals surface area contributed by atoms with Crippen LogP contribution < -0.4 is 5.32 Å². The zero-order chi connectivity index (χ0) is 13.1. The molecule has 1 amide bonds. The van der Waals surface area contributed by atoms with E-state index in [-0.39, 0.29) is 5.91 Å². The second-order valence-corrected chi connectivity index (χ2v) is 4.88. The standard InChI is InChI=1S/C14H21N3O/c1-11-10-12(4-5-13(11)15-2)14(18)17-8-6-16(3)7-9-17/h4-5,10,15H,6-9H2,1-3H3. The fraction of sp³-hybridized carbons (Fsp3) is 0.500. The maximum absolute atomic E-state index is 12.3. The third-order valence-electron chi connectivity index (χ3n) is 3.53. The lowest BCUT2D eigenvalue weighted by atomic mass is 10.1. The second-order valence-electron chi connectivity index (χ2n) is 4.88. The number of carbonyl (C=O) groups excluding carboxylic acids is 1. The highest BCUT2D eigenvalue weighted by Crippen LogP contribution is 2.17. The van der Waals surface area contributed by atoms with Crippen molar-refractivity contribution in [1.82, 2.24) is 9.80 Å². The number of amides is 1. The molecule has 0 aliphatic carbocycles. The molecule has 4 nitrogen and oxygen atoms in total. The Bertz CT molecular complexity index is 437. The van der Waals surface area contributed by atoms with Gasteiger partial charge in [-0.05, 0) is 37.7 Å². The fourth-order valence-corrected chi connectivity index (χ4v) is 2.27. The molecule has 1 heterocycles. The Morgan fingerprint density at radius 1 is 1.22 bits per heavy atom. The zero-order valence-electron chi connectivity index (χ0n) is 11.4. The molecule has 0 saturated carbocycles. The zero-order valence-corrected chi connectivity index (χ0v) is 11.4. The van der Waals surface area contributed by atoms with E-state index in [9.17, 15) is 4.79 Å². The molecule has 0 atom stereocenters. The van der Waals surface area contributed by atoms with Crippen molar-refractivity contribution in [3.63, 3.8) is 0 Å². The van der Waals surface area contributed by atoms with Crippen molar-refractivity contribution in [2.24, 2.45) is 0 Å². The lowest BCUT2D eigenvalue weighted by molar-refractivity contribution is 0.0664. The van der Waals surface area contributed by atoms with Crippen LogP contribution in [0.25, 0.3) is 0 Å². The summed E-state index contributed by atoms with van der Waals surface area (Å²) >= 11 is 0. The third kappa shape index (κ3) is 2.64. The molecule has 0 radical (unpaired) electrons. The Kier molecular flexibility index (Phi) is 3.87. The molecule has 1 aliphatic rings. The highest BCUT2D eigenvalue weighted by atomic mass is 16.2. The van der Waals surface area contributed by atoms with Crippen molar-refractivity contribution in [1.29, 1.82) is 0 Å². The van der Waals surface area contributed by atoms with Crippen LogP contribution in [-0.2, 0) is 0 Å². The van der Waals surface area contributed by atoms with Crippen molar-refractivity contribution < 1.29 is 4.79 Å². The number of nitrogens with zero attached hydrogens (tertiary/aromatic N) is 2. The molecule has 0 aromatic heterocycles. The summed E-state index contributed by atoms with van der Waals surface area (Å²) in [5.41, 5.74) is 2.97. The molecule has 1 fully saturated rings. The summed E-state index contributed by atoms with van der Waals surface area (Å²) in [4.78, 5) is 16.5. The summed E-state index contributed by atoms with van der Waals surface area (Å²) in [6.45, 7) is 5.58. The Hall–Kier alpha value is -1.55. The van der Waals surface area contributed by atoms with Gasteiger partial charge >= 0.3 is 0 Å². The molecule has 4 heteroatoms. The number of benzene rings is 1. The predicted molar refractivity (Wildman–Crippen MR) is 74.1 cm³/mol. The summed E-state index contributed by atoms with van der Waals surface area (Å²) in [7, 11) is 3.98. The van der Waals surface area contributed by atoms with E-state index in [4.69, 9.17) is 0 Å². The van der Waals surface area contributed by atoms with Crippen LogP contribution in [-0.4, -0.2) is 56.0 Å². The molecule has 1 aliphatic heterocycles. The molecule has 0 unspecified atom stereocenters. The van der Waals surface area contributed by atoms with Crippen molar-refractivity contribution in [2.75, 3.05) is 45.6 Å². The van der Waals surface area contributed by atoms with E-state index >= 15 is 0 Å². The minimum atomic E-state index is 0.147. The van der Waals surface area contributed by atoms with E-state index in [2.05, 4.69) is 17.3 Å². The predicted octanol–water partition coefficient (Wildman–Crippen LogP) is 1.42. The number of hydrogen-bond donors (Lipinski definition) is 1. The van der Waals surface area contributed by atoms with Gasteiger partial charge in [0.1, 0.15) is 0 Å². The summed E-state index contributed by atoms with van der Waals surface area (Å²) in [5.74, 6) is 0.147. The molecule has 98 valence electrons. The van der Waals surface area contributed by atoms with Gasteiger partial charge in [-0.15, -0.1) is 0 Å². The smallest absolute Gasteiger partial charge is 0.253 e. The molecule has 1 aromatic rings. The van der Waals surface area contributed by atoms with Crippen LogP contribution in [0.1, 0.15) is 15.9 Å². The number of piperazine rings is 1. The molecule has 18 heavy (non-hydrogen) atoms. The van der Waals surface area contributed by atoms with Gasteiger partial charge in [0.05, 0.1) is 0 Å². The van der Waals surface area contributed by atoms with Crippen LogP contribution in [0.15, 0.2) is 18.2 Å². The molecule has 1 aromatic carbocycles. The SMILES string of the molecule is CNc1ccc(C(=O)N2CCN(C)CC2)cc1C. The minimum absolute atomic E-state index is 0.147. The number of aryl methyl sites for hydroxylation is 1. The van der Waals surface area contributed by atoms with Gasteiger partial charge in [-0.2, -0.15) is 0 Å². The van der Waals surface area contributed by atoms with Crippen molar-refractivity contribution in [2.45, 2.75) is 6.92 Å². The van der Waals surface area contributed by atoms with Crippen molar-refractivity contribution >= 4 is 11.6 Å². The van der Waals surface area contributed by atoms with E-state index in [1.54, 1.807) is 0 Å². The van der Waals surface area contributed by atoms with Gasteiger partial charge in [-0.1, -0.05) is 0 Å². The van der Waals surface area contributed by atoms with E-state index < -0.39 is 0 Å². The number of anilines is 1. The highest BCUT2D eigenvalue weighted by Gasteiger charge is 2.20. The lowest BCUT2D eigenvalue weighted by Crippen LogP contribution is -2.47. The van der Waals surface area contributed by atoms with Gasteiger partial charge in [-0.3, -0.25) is 4.79 Å². The topological polar surface area (TPSA) is 35.6 Å². The average molecular weight is 247 g/mol. The number of hydrogen-bond acceptors (Lipinski definition) is 3. The van der Waals surface area contributed by atoms with Crippen LogP contribution in [0.2, 0.25) is 0 Å². The first-order chi connectivity index (χ1) is 8.61. The van der Waals surface area contributed by atoms with Crippen LogP contribution in [0.4, 0.5) is 5.69 Å². The first-order valence-corrected chi connectivity index (χ1v) is 6.38. The van der Waals surface area contributed by atoms with Crippen LogP contribution >= 0.6 is 0 Å². The second kappa shape index (κ2) is 5.40. The maximum atomic E-state index is 12.3. The molecule has 1 saturated heterocycles. The summed E-state index contributed by atoms with van der Waals surface area (Å²) in [5, 5.41) is 3.12. The third-order valence-corrected chi connectivity index (χ3v) is 3.53. The highest BCUT2D eigenvalue weighted by molar-refractivity contribution is 5.95. The molecule has 0 bridgehead atoms. The van der Waals surface area contributed by atoms with Crippen LogP contribution in [0.5, 0.6) is 0 Å². The number of likely N-dealkylation sites (N-methyl/N-ethyl adjacent to an activating group) is 1. The quantitative estimate of drug-likeness (QED) is 0.858. The van der Waals surface area contributed by atoms with Gasteiger partial charge in [0, 0.05) is 44.5 Å². The van der Waals surface area contributed by atoms with Crippen molar-refractivity contribution in [3.05, 3.63) is 29.3 Å². The van der Waals surface area contributed by atoms with Gasteiger partial charge in [0.25, 0.3) is 5.91 Å². The first kappa shape index (κ1) is 12.9. The van der Waals surface area contributed by atoms with E-state index in [0.29, 0.717) is 0 Å². The Balaban J connectivity index is 2.11. The fourth-order valence-electron chi connectivity index (χ4n) is 2.27. The molecular weight excluding hydrogens is 226 g/mol. The van der Waals surface area contributed by atoms with Gasteiger partial charge in [0.15, 0.2) is 0 Å². The monoisotopic (exact) mass is 247 g/mol. The minimum Gasteiger partial charge on any atom is -0.388 e. The van der Waals surface area contributed by atoms with E-state index in [1.807, 2.05) is 37.1 Å². The Labute approximate surface area is 109 Å². The summed E-state index contributed by atoms with van der Waals surface area (Å²) in [6.07, 6.45) is 0. The summed E-state index contributed by atoms with van der Waals surface area (Å²) < 4.78 is 0. The lowest BCUT2D eigenvalue weighted by Gasteiger charge is -2.32. The molecule has 0 spiro atoms. The normalized spacial score (nSPS) is 16.7. The number of nitrogens with one attached hydrogen (secondary N) is 1. The molecular formula is C14H21N3O. The number of rotatable bonds is 2. The largest absolute Gasteiger partial charge is 0.388 e. The Morgan fingerprint density at radius 2 is 1.89 bits per heavy atom. The molecule has 2 rings (SSSR count). The maximum Gasteiger partial charge on any atom is 0.253 e. The van der Waals surface area contributed by atoms with E-state index in [0.717, 1.165) is 43.0 Å². The van der Waals surface area contributed by atoms with E-state index in [1.165, 1.54) is 0 Å². The van der Waals surface area contributed by atoms with Gasteiger partial charge in [0.2, 0.25) is 0 Å². The average Bonchev–Trinajstić information content (AvgIpc) is 2.38. The summed E-state index contributed by atoms with van der Waals surface area (Å²) in [6, 6.07) is 5.84. The van der Waals surface area contributed by atoms with Crippen molar-refractivity contribution in [3.8, 4) is 0 Å². The first-order valence-electron chi connectivity index (χ1n) is 6.38. The Morgan fingerprint density at radius 3 is 2.44 bits per heavy atom. The van der Waals surface area contributed by atoms with Crippen LogP contribution in [0, 0.1) is 6.92 Å². The molecule has 1 N–H and O–H groups in total. The van der Waals surface area contributed by atoms with Gasteiger partial charge in [-0.25, -0.2) is 0 Å².